The number of nitrogens with zero attached hydrogens (tertiary/aromatic N) is 3. The molecule has 182 valence electrons. The molecule has 1 heterocycles. The minimum atomic E-state index is -0.638. The lowest BCUT2D eigenvalue weighted by Crippen LogP contribution is -2.42. The zero-order valence-electron chi connectivity index (χ0n) is 20.7. The van der Waals surface area contributed by atoms with E-state index in [0.29, 0.717) is 31.0 Å². The van der Waals surface area contributed by atoms with Crippen molar-refractivity contribution >= 4 is 17.4 Å². The predicted molar refractivity (Wildman–Crippen MR) is 135 cm³/mol. The zero-order valence-corrected chi connectivity index (χ0v) is 20.7. The number of unbranched alkanes of at least 4 members (excludes halogenated alkanes) is 1. The van der Waals surface area contributed by atoms with E-state index in [9.17, 15) is 14.4 Å². The highest BCUT2D eigenvalue weighted by Crippen LogP contribution is 2.21. The number of anilines is 2. The van der Waals surface area contributed by atoms with Crippen molar-refractivity contribution in [3.63, 3.8) is 0 Å². The second-order valence-corrected chi connectivity index (χ2v) is 8.80. The summed E-state index contributed by atoms with van der Waals surface area (Å²) in [6.45, 7) is 13.8. The minimum absolute atomic E-state index is 0.0347. The lowest BCUT2D eigenvalue weighted by molar-refractivity contribution is 0.0985. The molecule has 0 unspecified atom stereocenters. The monoisotopic (exact) mass is 457 g/mol. The first-order valence-corrected chi connectivity index (χ1v) is 12.0. The number of hydrogen-bond donors (Lipinski definition) is 2. The molecule has 1 aromatic carbocycles. The number of nitrogens with two attached hydrogens (primary N) is 1. The Labute approximate surface area is 196 Å². The quantitative estimate of drug-likeness (QED) is 0.508. The smallest absolute Gasteiger partial charge is 0.330 e. The van der Waals surface area contributed by atoms with Crippen LogP contribution < -0.4 is 21.9 Å². The highest BCUT2D eigenvalue weighted by atomic mass is 16.2. The Hall–Kier alpha value is -2.87. The molecule has 2 aromatic rings. The number of carbonyl (C=O) groups is 1. The van der Waals surface area contributed by atoms with Crippen molar-refractivity contribution in [3.05, 3.63) is 56.2 Å². The van der Waals surface area contributed by atoms with Crippen LogP contribution in [0.2, 0.25) is 0 Å². The molecular formula is C25H39N5O3. The van der Waals surface area contributed by atoms with Gasteiger partial charge in [0.15, 0.2) is 5.69 Å². The van der Waals surface area contributed by atoms with Gasteiger partial charge in [-0.15, -0.1) is 0 Å². The van der Waals surface area contributed by atoms with Crippen molar-refractivity contribution in [2.24, 2.45) is 5.92 Å². The van der Waals surface area contributed by atoms with Gasteiger partial charge >= 0.3 is 5.69 Å². The van der Waals surface area contributed by atoms with Crippen LogP contribution in [0.15, 0.2) is 33.9 Å². The fourth-order valence-corrected chi connectivity index (χ4v) is 3.69. The number of H-pyrrole nitrogens is 1. The van der Waals surface area contributed by atoms with Crippen molar-refractivity contribution < 1.29 is 4.79 Å². The lowest BCUT2D eigenvalue weighted by atomic mass is 10.1. The summed E-state index contributed by atoms with van der Waals surface area (Å²) >= 11 is 0. The molecule has 2 rings (SSSR count). The van der Waals surface area contributed by atoms with E-state index in [1.165, 1.54) is 9.47 Å². The zero-order chi connectivity index (χ0) is 24.5. The SMILES string of the molecule is CCCCn1c(N)c(N(CCC(C)C)C(=O)c2ccc(CN(CC)CC)cc2)c(=O)[nH]c1=O. The molecule has 3 N–H and O–H groups in total. The van der Waals surface area contributed by atoms with E-state index < -0.39 is 11.2 Å². The Kier molecular flexibility index (Phi) is 9.91. The van der Waals surface area contributed by atoms with Gasteiger partial charge in [0.1, 0.15) is 5.82 Å². The summed E-state index contributed by atoms with van der Waals surface area (Å²) in [4.78, 5) is 44.8. The van der Waals surface area contributed by atoms with Crippen molar-refractivity contribution in [2.75, 3.05) is 30.3 Å². The molecule has 0 aliphatic carbocycles. The molecule has 0 fully saturated rings. The summed E-state index contributed by atoms with van der Waals surface area (Å²) in [5, 5.41) is 0. The third-order valence-corrected chi connectivity index (χ3v) is 5.90. The summed E-state index contributed by atoms with van der Waals surface area (Å²) < 4.78 is 1.35. The number of hydrogen-bond acceptors (Lipinski definition) is 5. The van der Waals surface area contributed by atoms with E-state index >= 15 is 0 Å². The first-order chi connectivity index (χ1) is 15.7. The number of aromatic amines is 1. The standard InChI is InChI=1S/C25H39N5O3/c1-6-9-15-30-22(26)21(23(31)27-25(30)33)29(16-14-18(4)5)24(32)20-12-10-19(11-13-20)17-28(7-2)8-3/h10-13,18H,6-9,14-17,26H2,1-5H3,(H,27,31,33). The van der Waals surface area contributed by atoms with Gasteiger partial charge in [0.25, 0.3) is 11.5 Å². The van der Waals surface area contributed by atoms with E-state index in [2.05, 4.69) is 37.6 Å². The van der Waals surface area contributed by atoms with E-state index in [1.807, 2.05) is 19.1 Å². The van der Waals surface area contributed by atoms with E-state index in [4.69, 9.17) is 5.73 Å². The Morgan fingerprint density at radius 3 is 2.27 bits per heavy atom. The third kappa shape index (κ3) is 6.81. The second kappa shape index (κ2) is 12.4. The molecule has 1 amide bonds. The van der Waals surface area contributed by atoms with Gasteiger partial charge in [0.2, 0.25) is 0 Å². The average Bonchev–Trinajstić information content (AvgIpc) is 2.79. The van der Waals surface area contributed by atoms with E-state index in [-0.39, 0.29) is 17.4 Å². The fourth-order valence-electron chi connectivity index (χ4n) is 3.69. The van der Waals surface area contributed by atoms with Crippen molar-refractivity contribution in [1.82, 2.24) is 14.5 Å². The summed E-state index contributed by atoms with van der Waals surface area (Å²) in [7, 11) is 0. The summed E-state index contributed by atoms with van der Waals surface area (Å²) in [5.74, 6) is 0.0541. The lowest BCUT2D eigenvalue weighted by Gasteiger charge is -2.25. The molecule has 0 aliphatic rings. The number of nitrogen functional groups attached to an aromatic ring is 1. The molecule has 33 heavy (non-hydrogen) atoms. The largest absolute Gasteiger partial charge is 0.383 e. The highest BCUT2D eigenvalue weighted by molar-refractivity contribution is 6.07. The maximum absolute atomic E-state index is 13.5. The molecule has 8 nitrogen and oxygen atoms in total. The van der Waals surface area contributed by atoms with Crippen LogP contribution in [0.3, 0.4) is 0 Å². The van der Waals surface area contributed by atoms with E-state index in [1.54, 1.807) is 12.1 Å². The number of benzene rings is 1. The first kappa shape index (κ1) is 26.4. The molecule has 0 spiro atoms. The third-order valence-electron chi connectivity index (χ3n) is 5.90. The van der Waals surface area contributed by atoms with Crippen molar-refractivity contribution in [2.45, 2.75) is 67.0 Å². The van der Waals surface area contributed by atoms with Gasteiger partial charge in [-0.25, -0.2) is 4.79 Å². The highest BCUT2D eigenvalue weighted by Gasteiger charge is 2.25. The van der Waals surface area contributed by atoms with Crippen LogP contribution in [-0.4, -0.2) is 40.0 Å². The number of aromatic nitrogens is 2. The Balaban J connectivity index is 2.45. The Morgan fingerprint density at radius 1 is 1.09 bits per heavy atom. The summed E-state index contributed by atoms with van der Waals surface area (Å²) in [6, 6.07) is 7.48. The van der Waals surface area contributed by atoms with Gasteiger partial charge < -0.3 is 10.6 Å². The molecule has 0 saturated carbocycles. The summed E-state index contributed by atoms with van der Waals surface area (Å²) in [6.07, 6.45) is 2.30. The maximum atomic E-state index is 13.5. The molecule has 0 bridgehead atoms. The Morgan fingerprint density at radius 2 is 1.73 bits per heavy atom. The summed E-state index contributed by atoms with van der Waals surface area (Å²) in [5.41, 5.74) is 6.76. The topological polar surface area (TPSA) is 104 Å². The van der Waals surface area contributed by atoms with Gasteiger partial charge in [0.05, 0.1) is 0 Å². The van der Waals surface area contributed by atoms with Crippen LogP contribution in [0.4, 0.5) is 11.5 Å². The number of amides is 1. The van der Waals surface area contributed by atoms with Gasteiger partial charge in [-0.05, 0) is 49.5 Å². The minimum Gasteiger partial charge on any atom is -0.383 e. The van der Waals surface area contributed by atoms with Crippen LogP contribution in [-0.2, 0) is 13.1 Å². The molecule has 8 heteroatoms. The molecule has 0 saturated heterocycles. The van der Waals surface area contributed by atoms with Gasteiger partial charge in [-0.3, -0.25) is 24.0 Å². The number of nitrogens with one attached hydrogen (secondary N) is 1. The predicted octanol–water partition coefficient (Wildman–Crippen LogP) is 3.45. The molecule has 0 radical (unpaired) electrons. The van der Waals surface area contributed by atoms with Crippen molar-refractivity contribution in [1.29, 1.82) is 0 Å². The van der Waals surface area contributed by atoms with Crippen LogP contribution >= 0.6 is 0 Å². The van der Waals surface area contributed by atoms with Gasteiger partial charge in [0, 0.05) is 25.2 Å². The van der Waals surface area contributed by atoms with Crippen molar-refractivity contribution in [3.8, 4) is 0 Å². The molecular weight excluding hydrogens is 418 g/mol. The molecule has 1 aromatic heterocycles. The normalized spacial score (nSPS) is 11.4. The molecule has 0 atom stereocenters. The maximum Gasteiger partial charge on any atom is 0.330 e. The van der Waals surface area contributed by atoms with Crippen LogP contribution in [0.25, 0.3) is 0 Å². The van der Waals surface area contributed by atoms with Crippen LogP contribution in [0.1, 0.15) is 69.8 Å². The first-order valence-electron chi connectivity index (χ1n) is 12.0. The van der Waals surface area contributed by atoms with Crippen LogP contribution in [0.5, 0.6) is 0 Å². The average molecular weight is 458 g/mol. The number of carbonyl (C=O) groups excluding carboxylic acids is 1. The van der Waals surface area contributed by atoms with E-state index in [0.717, 1.165) is 38.0 Å². The Bertz CT molecular complexity index is 1020. The second-order valence-electron chi connectivity index (χ2n) is 8.80. The fraction of sp³-hybridized carbons (Fsp3) is 0.560. The van der Waals surface area contributed by atoms with Gasteiger partial charge in [-0.1, -0.05) is 53.2 Å². The molecule has 0 aliphatic heterocycles. The van der Waals surface area contributed by atoms with Crippen LogP contribution in [0, 0.1) is 5.92 Å². The van der Waals surface area contributed by atoms with Gasteiger partial charge in [-0.2, -0.15) is 0 Å². The number of rotatable bonds is 12.